The number of nitrogens with zero attached hydrogens (tertiary/aromatic N) is 4. The minimum atomic E-state index is 0.215. The summed E-state index contributed by atoms with van der Waals surface area (Å²) in [5, 5.41) is 13.9. The van der Waals surface area contributed by atoms with Gasteiger partial charge in [-0.25, -0.2) is 4.98 Å². The molecule has 0 saturated carbocycles. The molecule has 0 atom stereocenters. The smallest absolute Gasteiger partial charge is 0.156 e. The summed E-state index contributed by atoms with van der Waals surface area (Å²) in [5.74, 6) is 0.805. The third-order valence-electron chi connectivity index (χ3n) is 3.75. The summed E-state index contributed by atoms with van der Waals surface area (Å²) in [7, 11) is 0. The highest BCUT2D eigenvalue weighted by atomic mass is 35.5. The lowest BCUT2D eigenvalue weighted by molar-refractivity contribution is 0.321. The fraction of sp³-hybridized carbons (Fsp3) is 0.211. The molecule has 0 spiro atoms. The molecule has 7 heteroatoms. The van der Waals surface area contributed by atoms with E-state index in [0.717, 1.165) is 21.3 Å². The summed E-state index contributed by atoms with van der Waals surface area (Å²) in [5.41, 5.74) is 1.85. The van der Waals surface area contributed by atoms with E-state index in [1.165, 1.54) is 6.21 Å². The number of aromatic nitrogens is 3. The predicted octanol–water partition coefficient (Wildman–Crippen LogP) is 5.06. The quantitative estimate of drug-likeness (QED) is 0.365. The third-order valence-corrected chi connectivity index (χ3v) is 5.10. The van der Waals surface area contributed by atoms with Crippen molar-refractivity contribution in [3.8, 4) is 0 Å². The van der Waals surface area contributed by atoms with Crippen LogP contribution in [0.2, 0.25) is 5.02 Å². The molecule has 0 amide bonds. The number of hydrogen-bond acceptors (Lipinski definition) is 5. The van der Waals surface area contributed by atoms with Crippen molar-refractivity contribution in [1.82, 2.24) is 14.5 Å². The third kappa shape index (κ3) is 4.26. The van der Waals surface area contributed by atoms with Crippen molar-refractivity contribution in [3.63, 3.8) is 0 Å². The fourth-order valence-electron chi connectivity index (χ4n) is 2.56. The molecule has 1 N–H and O–H groups in total. The van der Waals surface area contributed by atoms with Gasteiger partial charge in [-0.2, -0.15) is 0 Å². The molecule has 0 fully saturated rings. The molecule has 0 radical (unpaired) electrons. The van der Waals surface area contributed by atoms with Gasteiger partial charge in [-0.3, -0.25) is 4.98 Å². The van der Waals surface area contributed by atoms with Crippen LogP contribution in [0, 0.1) is 0 Å². The van der Waals surface area contributed by atoms with Crippen molar-refractivity contribution >= 4 is 29.6 Å². The van der Waals surface area contributed by atoms with Gasteiger partial charge in [-0.05, 0) is 36.2 Å². The van der Waals surface area contributed by atoms with Crippen LogP contribution in [0.3, 0.4) is 0 Å². The molecular formula is C19H19ClN4OS. The SMILES string of the molecule is CC(C)c1nc(C=NO)n(Cc2ccccn2)c1Sc1cccc(Cl)c1. The van der Waals surface area contributed by atoms with Crippen LogP contribution in [0.15, 0.2) is 63.7 Å². The van der Waals surface area contributed by atoms with Gasteiger partial charge in [0.2, 0.25) is 0 Å². The first kappa shape index (κ1) is 18.5. The van der Waals surface area contributed by atoms with Gasteiger partial charge in [0, 0.05) is 16.1 Å². The molecule has 1 aromatic carbocycles. The highest BCUT2D eigenvalue weighted by Crippen LogP contribution is 2.35. The van der Waals surface area contributed by atoms with Crippen molar-refractivity contribution in [2.75, 3.05) is 0 Å². The molecule has 0 bridgehead atoms. The Morgan fingerprint density at radius 1 is 1.27 bits per heavy atom. The van der Waals surface area contributed by atoms with Gasteiger partial charge in [0.05, 0.1) is 17.9 Å². The standard InChI is InChI=1S/C19H19ClN4OS/c1-13(2)18-19(26-16-8-5-6-14(20)10-16)24(17(23-18)11-22-25)12-15-7-3-4-9-21-15/h3-11,13,25H,12H2,1-2H3. The number of rotatable bonds is 6. The van der Waals surface area contributed by atoms with Crippen LogP contribution in [0.25, 0.3) is 0 Å². The molecule has 0 unspecified atom stereocenters. The van der Waals surface area contributed by atoms with Gasteiger partial charge < -0.3 is 9.77 Å². The summed E-state index contributed by atoms with van der Waals surface area (Å²) in [6, 6.07) is 13.5. The molecule has 0 aliphatic heterocycles. The number of oxime groups is 1. The van der Waals surface area contributed by atoms with Gasteiger partial charge >= 0.3 is 0 Å². The average molecular weight is 387 g/mol. The molecule has 0 saturated heterocycles. The van der Waals surface area contributed by atoms with Crippen molar-refractivity contribution in [3.05, 3.63) is 70.9 Å². The van der Waals surface area contributed by atoms with Crippen molar-refractivity contribution < 1.29 is 5.21 Å². The monoisotopic (exact) mass is 386 g/mol. The Hall–Kier alpha value is -2.31. The molecule has 0 aliphatic rings. The van der Waals surface area contributed by atoms with Gasteiger partial charge in [-0.1, -0.05) is 54.5 Å². The highest BCUT2D eigenvalue weighted by Gasteiger charge is 2.20. The second kappa shape index (κ2) is 8.38. The Bertz CT molecular complexity index is 909. The van der Waals surface area contributed by atoms with Gasteiger partial charge in [0.25, 0.3) is 0 Å². The number of hydrogen-bond donors (Lipinski definition) is 1. The molecule has 5 nitrogen and oxygen atoms in total. The fourth-order valence-corrected chi connectivity index (χ4v) is 4.02. The van der Waals surface area contributed by atoms with Crippen molar-refractivity contribution in [2.45, 2.75) is 36.2 Å². The highest BCUT2D eigenvalue weighted by molar-refractivity contribution is 7.99. The summed E-state index contributed by atoms with van der Waals surface area (Å²) < 4.78 is 2.02. The first-order chi connectivity index (χ1) is 12.6. The first-order valence-corrected chi connectivity index (χ1v) is 9.39. The van der Waals surface area contributed by atoms with Crippen LogP contribution < -0.4 is 0 Å². The number of benzene rings is 1. The summed E-state index contributed by atoms with van der Waals surface area (Å²) in [4.78, 5) is 10.1. The maximum absolute atomic E-state index is 9.05. The van der Waals surface area contributed by atoms with E-state index in [9.17, 15) is 0 Å². The Kier molecular flexibility index (Phi) is 5.96. The molecule has 134 valence electrons. The van der Waals surface area contributed by atoms with Gasteiger partial charge in [0.1, 0.15) is 11.2 Å². The molecule has 3 aromatic rings. The van der Waals surface area contributed by atoms with E-state index in [4.69, 9.17) is 16.8 Å². The summed E-state index contributed by atoms with van der Waals surface area (Å²) in [6.07, 6.45) is 3.12. The average Bonchev–Trinajstić information content (AvgIpc) is 2.94. The van der Waals surface area contributed by atoms with E-state index in [-0.39, 0.29) is 5.92 Å². The van der Waals surface area contributed by atoms with Crippen LogP contribution in [0.4, 0.5) is 0 Å². The zero-order valence-electron chi connectivity index (χ0n) is 14.5. The van der Waals surface area contributed by atoms with Crippen LogP contribution in [-0.2, 0) is 6.54 Å². The lowest BCUT2D eigenvalue weighted by atomic mass is 10.1. The van der Waals surface area contributed by atoms with E-state index in [0.29, 0.717) is 17.4 Å². The van der Waals surface area contributed by atoms with E-state index in [1.807, 2.05) is 47.0 Å². The van der Waals surface area contributed by atoms with Crippen LogP contribution >= 0.6 is 23.4 Å². The largest absolute Gasteiger partial charge is 0.411 e. The molecule has 26 heavy (non-hydrogen) atoms. The number of pyridine rings is 1. The minimum Gasteiger partial charge on any atom is -0.411 e. The van der Waals surface area contributed by atoms with Crippen LogP contribution in [0.1, 0.15) is 37.0 Å². The van der Waals surface area contributed by atoms with Crippen molar-refractivity contribution in [1.29, 1.82) is 0 Å². The minimum absolute atomic E-state index is 0.215. The van der Waals surface area contributed by atoms with Gasteiger partial charge in [-0.15, -0.1) is 0 Å². The number of imidazole rings is 1. The maximum Gasteiger partial charge on any atom is 0.156 e. The second-order valence-electron chi connectivity index (χ2n) is 6.03. The van der Waals surface area contributed by atoms with Crippen LogP contribution in [0.5, 0.6) is 0 Å². The van der Waals surface area contributed by atoms with E-state index >= 15 is 0 Å². The van der Waals surface area contributed by atoms with E-state index < -0.39 is 0 Å². The first-order valence-electron chi connectivity index (χ1n) is 8.19. The van der Waals surface area contributed by atoms with Crippen molar-refractivity contribution in [2.24, 2.45) is 5.16 Å². The second-order valence-corrected chi connectivity index (χ2v) is 7.52. The Labute approximate surface area is 161 Å². The Morgan fingerprint density at radius 2 is 2.12 bits per heavy atom. The summed E-state index contributed by atoms with van der Waals surface area (Å²) in [6.45, 7) is 4.72. The topological polar surface area (TPSA) is 63.3 Å². The molecule has 0 aliphatic carbocycles. The molecule has 3 rings (SSSR count). The normalized spacial score (nSPS) is 11.5. The maximum atomic E-state index is 9.05. The summed E-state index contributed by atoms with van der Waals surface area (Å²) >= 11 is 7.73. The Morgan fingerprint density at radius 3 is 2.77 bits per heavy atom. The molecule has 2 aromatic heterocycles. The number of halogens is 1. The zero-order valence-corrected chi connectivity index (χ0v) is 16.1. The van der Waals surface area contributed by atoms with E-state index in [1.54, 1.807) is 18.0 Å². The zero-order chi connectivity index (χ0) is 18.5. The predicted molar refractivity (Wildman–Crippen MR) is 105 cm³/mol. The lowest BCUT2D eigenvalue weighted by Gasteiger charge is -2.12. The Balaban J connectivity index is 2.09. The van der Waals surface area contributed by atoms with Crippen LogP contribution in [-0.4, -0.2) is 26.0 Å². The molecular weight excluding hydrogens is 368 g/mol. The van der Waals surface area contributed by atoms with Gasteiger partial charge in [0.15, 0.2) is 5.82 Å². The lowest BCUT2D eigenvalue weighted by Crippen LogP contribution is -2.07. The van der Waals surface area contributed by atoms with E-state index in [2.05, 4.69) is 29.0 Å². The molecule has 2 heterocycles.